The van der Waals surface area contributed by atoms with Crippen LogP contribution in [0, 0.1) is 87.4 Å². The van der Waals surface area contributed by atoms with Crippen molar-refractivity contribution in [2.45, 2.75) is 0 Å². The van der Waals surface area contributed by atoms with E-state index in [1.807, 2.05) is 100 Å². The fourth-order valence-electron chi connectivity index (χ4n) is 2.65. The molecule has 1 heterocycles. The van der Waals surface area contributed by atoms with Gasteiger partial charge in [0.2, 0.25) is 0 Å². The first-order valence-electron chi connectivity index (χ1n) is 9.13. The quantitative estimate of drug-likeness (QED) is 0.366. The van der Waals surface area contributed by atoms with Crippen molar-refractivity contribution in [1.82, 2.24) is 8.75 Å². The number of rotatable bonds is 0. The van der Waals surface area contributed by atoms with Crippen LogP contribution in [-0.2, 0) is 17.1 Å². The van der Waals surface area contributed by atoms with Crippen LogP contribution in [0.2, 0.25) is 0 Å². The molecule has 2 aromatic carbocycles. The summed E-state index contributed by atoms with van der Waals surface area (Å²) in [5.74, 6) is 13.7. The standard InChI is InChI=1S/C21H11N2S.C5H5.Fe/c1-2-6-16(7-3-1)10-12-18-14-15-19(21-20(18)22-24-23-21)13-11-17-8-4-5-9-17;1-2-4-5-3-1;/h1-9,14-15H;1-5H;/q;;+2. The van der Waals surface area contributed by atoms with Crippen molar-refractivity contribution in [2.24, 2.45) is 0 Å². The molecule has 2 aliphatic rings. The third kappa shape index (κ3) is 6.20. The molecule has 1 aromatic heterocycles. The minimum atomic E-state index is 0. The Balaban J connectivity index is 0.000000376. The zero-order valence-corrected chi connectivity index (χ0v) is 17.8. The van der Waals surface area contributed by atoms with E-state index in [1.54, 1.807) is 0 Å². The van der Waals surface area contributed by atoms with Gasteiger partial charge in [0.1, 0.15) is 11.0 Å². The zero-order valence-electron chi connectivity index (χ0n) is 15.9. The van der Waals surface area contributed by atoms with Gasteiger partial charge in [-0.3, -0.25) is 0 Å². The van der Waals surface area contributed by atoms with Crippen LogP contribution in [0.25, 0.3) is 11.0 Å². The van der Waals surface area contributed by atoms with E-state index in [9.17, 15) is 0 Å². The van der Waals surface area contributed by atoms with Crippen molar-refractivity contribution >= 4 is 22.8 Å². The second kappa shape index (κ2) is 11.9. The van der Waals surface area contributed by atoms with Crippen LogP contribution in [-0.4, -0.2) is 8.75 Å². The van der Waals surface area contributed by atoms with Gasteiger partial charge in [-0.15, -0.1) is 0 Å². The Bertz CT molecular complexity index is 1050. The smallest absolute Gasteiger partial charge is 0.172 e. The molecule has 0 atom stereocenters. The maximum absolute atomic E-state index is 4.40. The van der Waals surface area contributed by atoms with Gasteiger partial charge >= 0.3 is 17.1 Å². The van der Waals surface area contributed by atoms with Crippen molar-refractivity contribution in [3.63, 3.8) is 0 Å². The minimum absolute atomic E-state index is 0. The summed E-state index contributed by atoms with van der Waals surface area (Å²) in [4.78, 5) is 0. The van der Waals surface area contributed by atoms with Gasteiger partial charge in [0.05, 0.1) is 28.8 Å². The minimum Gasteiger partial charge on any atom is -0.172 e. The molecule has 30 heavy (non-hydrogen) atoms. The van der Waals surface area contributed by atoms with Gasteiger partial charge in [-0.1, -0.05) is 41.9 Å². The third-order valence-corrected chi connectivity index (χ3v) is 4.62. The normalized spacial score (nSPS) is 15.2. The van der Waals surface area contributed by atoms with E-state index >= 15 is 0 Å². The predicted molar refractivity (Wildman–Crippen MR) is 119 cm³/mol. The van der Waals surface area contributed by atoms with Crippen molar-refractivity contribution in [2.75, 3.05) is 0 Å². The van der Waals surface area contributed by atoms with E-state index in [0.29, 0.717) is 0 Å². The molecule has 0 unspecified atom stereocenters. The van der Waals surface area contributed by atoms with Crippen LogP contribution in [0.15, 0.2) is 42.5 Å². The van der Waals surface area contributed by atoms with Crippen LogP contribution in [0.5, 0.6) is 0 Å². The summed E-state index contributed by atoms with van der Waals surface area (Å²) in [5.41, 5.74) is 4.37. The molecule has 0 bridgehead atoms. The zero-order chi connectivity index (χ0) is 19.7. The molecule has 0 amide bonds. The molecule has 0 saturated heterocycles. The first kappa shape index (κ1) is 22.6. The first-order chi connectivity index (χ1) is 14.4. The molecule has 3 aromatic rings. The Labute approximate surface area is 194 Å². The average molecular weight is 444 g/mol. The van der Waals surface area contributed by atoms with E-state index < -0.39 is 0 Å². The maximum atomic E-state index is 4.40. The van der Waals surface area contributed by atoms with E-state index in [1.165, 1.54) is 11.7 Å². The molecular formula is C26H16FeN2S+2. The second-order valence-electron chi connectivity index (χ2n) is 6.12. The summed E-state index contributed by atoms with van der Waals surface area (Å²) < 4.78 is 8.79. The van der Waals surface area contributed by atoms with Crippen LogP contribution < -0.4 is 0 Å². The molecule has 5 rings (SSSR count). The number of hydrogen-bond acceptors (Lipinski definition) is 3. The Hall–Kier alpha value is -2.10. The van der Waals surface area contributed by atoms with Crippen molar-refractivity contribution in [3.8, 4) is 23.7 Å². The summed E-state index contributed by atoms with van der Waals surface area (Å²) in [6.07, 6.45) is 17.9. The van der Waals surface area contributed by atoms with Gasteiger partial charge in [0.15, 0.2) is 0 Å². The molecule has 2 aliphatic carbocycles. The monoisotopic (exact) mass is 444 g/mol. The van der Waals surface area contributed by atoms with E-state index in [2.05, 4.69) is 32.4 Å². The summed E-state index contributed by atoms with van der Waals surface area (Å²) in [6, 6.07) is 13.8. The molecule has 0 spiro atoms. The van der Waals surface area contributed by atoms with Crippen molar-refractivity contribution in [3.05, 3.63) is 123 Å². The fraction of sp³-hybridized carbons (Fsp3) is 0. The molecule has 0 aliphatic heterocycles. The SMILES string of the molecule is C(#Cc1ccc(C#Cc2ccccc2)c2nsnc12)[C]1[CH][CH][CH][CH]1.[CH]1[CH][CH][CH][CH]1.[Fe+2]. The van der Waals surface area contributed by atoms with Gasteiger partial charge in [-0.2, -0.15) is 8.75 Å². The molecule has 2 saturated carbocycles. The average Bonchev–Trinajstić information content (AvgIpc) is 3.55. The predicted octanol–water partition coefficient (Wildman–Crippen LogP) is 4.87. The van der Waals surface area contributed by atoms with E-state index in [0.717, 1.165) is 33.6 Å². The largest absolute Gasteiger partial charge is 2.00 e. The fourth-order valence-corrected chi connectivity index (χ4v) is 3.22. The summed E-state index contributed by atoms with van der Waals surface area (Å²) in [6.45, 7) is 0. The Morgan fingerprint density at radius 2 is 1.10 bits per heavy atom. The first-order valence-corrected chi connectivity index (χ1v) is 9.86. The molecule has 142 valence electrons. The number of fused-ring (bicyclic) bond motifs is 1. The summed E-state index contributed by atoms with van der Waals surface area (Å²) in [7, 11) is 0. The second-order valence-corrected chi connectivity index (χ2v) is 6.65. The van der Waals surface area contributed by atoms with Crippen molar-refractivity contribution < 1.29 is 17.1 Å². The number of benzene rings is 2. The van der Waals surface area contributed by atoms with Crippen LogP contribution in [0.1, 0.15) is 16.7 Å². The van der Waals surface area contributed by atoms with Gasteiger partial charge < -0.3 is 0 Å². The molecule has 4 heteroatoms. The molecule has 10 radical (unpaired) electrons. The van der Waals surface area contributed by atoms with Gasteiger partial charge in [-0.25, -0.2) is 0 Å². The van der Waals surface area contributed by atoms with Gasteiger partial charge in [0.25, 0.3) is 0 Å². The maximum Gasteiger partial charge on any atom is 2.00 e. The molecule has 2 fully saturated rings. The Morgan fingerprint density at radius 3 is 1.67 bits per heavy atom. The number of nitrogens with zero attached hydrogens (tertiary/aromatic N) is 2. The third-order valence-electron chi connectivity index (χ3n) is 4.09. The number of aromatic nitrogens is 2. The van der Waals surface area contributed by atoms with Crippen LogP contribution in [0.3, 0.4) is 0 Å². The Morgan fingerprint density at radius 1 is 0.567 bits per heavy atom. The number of hydrogen-bond donors (Lipinski definition) is 0. The molecular weight excluding hydrogens is 428 g/mol. The van der Waals surface area contributed by atoms with E-state index in [4.69, 9.17) is 0 Å². The summed E-state index contributed by atoms with van der Waals surface area (Å²) in [5, 5.41) is 0. The Kier molecular flexibility index (Phi) is 8.98. The van der Waals surface area contributed by atoms with Gasteiger partial charge in [0, 0.05) is 5.56 Å². The summed E-state index contributed by atoms with van der Waals surface area (Å²) >= 11 is 1.19. The van der Waals surface area contributed by atoms with Crippen LogP contribution in [0.4, 0.5) is 0 Å². The van der Waals surface area contributed by atoms with E-state index in [-0.39, 0.29) is 17.1 Å². The molecule has 0 N–H and O–H groups in total. The van der Waals surface area contributed by atoms with Gasteiger partial charge in [-0.05, 0) is 82.1 Å². The van der Waals surface area contributed by atoms with Crippen molar-refractivity contribution in [1.29, 1.82) is 0 Å². The van der Waals surface area contributed by atoms with Crippen LogP contribution >= 0.6 is 11.7 Å². The topological polar surface area (TPSA) is 25.8 Å². The molecule has 2 nitrogen and oxygen atoms in total.